The van der Waals surface area contributed by atoms with Crippen LogP contribution in [0, 0.1) is 6.92 Å². The molecule has 3 aromatic rings. The molecule has 1 N–H and O–H groups in total. The van der Waals surface area contributed by atoms with Crippen molar-refractivity contribution in [3.05, 3.63) is 94.5 Å². The maximum atomic E-state index is 12.0. The summed E-state index contributed by atoms with van der Waals surface area (Å²) >= 11 is 6.08. The number of hydrazone groups is 1. The molecular weight excluding hydrogens is 348 g/mol. The second-order valence-electron chi connectivity index (χ2n) is 5.66. The molecule has 0 unspecified atom stereocenters. The molecule has 0 saturated carbocycles. The summed E-state index contributed by atoms with van der Waals surface area (Å²) in [6, 6.07) is 21.6. The van der Waals surface area contributed by atoms with Crippen molar-refractivity contribution in [2.45, 2.75) is 6.92 Å². The van der Waals surface area contributed by atoms with Gasteiger partial charge in [-0.3, -0.25) is 5.43 Å². The lowest BCUT2D eigenvalue weighted by molar-refractivity contribution is 0.0735. The van der Waals surface area contributed by atoms with Crippen LogP contribution in [0.25, 0.3) is 0 Å². The van der Waals surface area contributed by atoms with Crippen LogP contribution in [0.3, 0.4) is 0 Å². The summed E-state index contributed by atoms with van der Waals surface area (Å²) < 4.78 is 5.34. The third kappa shape index (κ3) is 4.71. The molecule has 0 aliphatic heterocycles. The topological polar surface area (TPSA) is 50.7 Å². The number of benzene rings is 3. The first-order valence-corrected chi connectivity index (χ1v) is 8.42. The van der Waals surface area contributed by atoms with E-state index >= 15 is 0 Å². The molecule has 0 radical (unpaired) electrons. The smallest absolute Gasteiger partial charge is 0.343 e. The largest absolute Gasteiger partial charge is 0.423 e. The number of nitrogens with one attached hydrogen (secondary N) is 1. The minimum absolute atomic E-state index is 0.384. The molecule has 0 heterocycles. The van der Waals surface area contributed by atoms with Crippen LogP contribution in [0.5, 0.6) is 5.75 Å². The van der Waals surface area contributed by atoms with Crippen molar-refractivity contribution in [2.75, 3.05) is 5.43 Å². The predicted octanol–water partition coefficient (Wildman–Crippen LogP) is 5.31. The molecule has 26 heavy (non-hydrogen) atoms. The Morgan fingerprint density at radius 3 is 2.46 bits per heavy atom. The van der Waals surface area contributed by atoms with Gasteiger partial charge in [-0.05, 0) is 66.6 Å². The zero-order valence-corrected chi connectivity index (χ0v) is 14.9. The van der Waals surface area contributed by atoms with Gasteiger partial charge in [-0.25, -0.2) is 4.79 Å². The SMILES string of the molecule is Cc1ccc(N/N=C/c2ccc(OC(=O)c3ccccc3)cc2)cc1Cl. The number of hydrogen-bond acceptors (Lipinski definition) is 4. The molecule has 0 saturated heterocycles. The van der Waals surface area contributed by atoms with Crippen molar-refractivity contribution in [3.63, 3.8) is 0 Å². The van der Waals surface area contributed by atoms with Crippen molar-refractivity contribution < 1.29 is 9.53 Å². The van der Waals surface area contributed by atoms with Crippen LogP contribution >= 0.6 is 11.6 Å². The number of carbonyl (C=O) groups is 1. The average molecular weight is 365 g/mol. The first kappa shape index (κ1) is 17.7. The Hall–Kier alpha value is -3.11. The molecule has 130 valence electrons. The second-order valence-corrected chi connectivity index (χ2v) is 6.07. The average Bonchev–Trinajstić information content (AvgIpc) is 2.67. The minimum atomic E-state index is -0.384. The number of halogens is 1. The van der Waals surface area contributed by atoms with Crippen LogP contribution in [0.1, 0.15) is 21.5 Å². The summed E-state index contributed by atoms with van der Waals surface area (Å²) in [5, 5.41) is 4.87. The summed E-state index contributed by atoms with van der Waals surface area (Å²) in [6.45, 7) is 1.95. The van der Waals surface area contributed by atoms with E-state index in [0.29, 0.717) is 16.3 Å². The highest BCUT2D eigenvalue weighted by molar-refractivity contribution is 6.31. The van der Waals surface area contributed by atoms with E-state index in [2.05, 4.69) is 10.5 Å². The van der Waals surface area contributed by atoms with E-state index in [9.17, 15) is 4.79 Å². The molecule has 5 heteroatoms. The van der Waals surface area contributed by atoms with Crippen LogP contribution in [0.2, 0.25) is 5.02 Å². The molecule has 0 aliphatic carbocycles. The van der Waals surface area contributed by atoms with Gasteiger partial charge < -0.3 is 4.74 Å². The highest BCUT2D eigenvalue weighted by atomic mass is 35.5. The van der Waals surface area contributed by atoms with Crippen molar-refractivity contribution in [2.24, 2.45) is 5.10 Å². The van der Waals surface area contributed by atoms with E-state index in [1.165, 1.54) is 0 Å². The zero-order valence-electron chi connectivity index (χ0n) is 14.1. The van der Waals surface area contributed by atoms with Gasteiger partial charge in [0.25, 0.3) is 0 Å². The highest BCUT2D eigenvalue weighted by Gasteiger charge is 2.07. The Bertz CT molecular complexity index is 923. The summed E-state index contributed by atoms with van der Waals surface area (Å²) in [5.74, 6) is 0.0965. The minimum Gasteiger partial charge on any atom is -0.423 e. The third-order valence-corrected chi connectivity index (χ3v) is 4.09. The molecule has 0 fully saturated rings. The number of aryl methyl sites for hydroxylation is 1. The van der Waals surface area contributed by atoms with E-state index in [4.69, 9.17) is 16.3 Å². The third-order valence-electron chi connectivity index (χ3n) is 3.68. The van der Waals surface area contributed by atoms with Gasteiger partial charge in [-0.2, -0.15) is 5.10 Å². The highest BCUT2D eigenvalue weighted by Crippen LogP contribution is 2.20. The molecular formula is C21H17ClN2O2. The molecule has 3 rings (SSSR count). The fourth-order valence-corrected chi connectivity index (χ4v) is 2.39. The fourth-order valence-electron chi connectivity index (χ4n) is 2.21. The van der Waals surface area contributed by atoms with Crippen LogP contribution in [0.4, 0.5) is 5.69 Å². The number of carbonyl (C=O) groups excluding carboxylic acids is 1. The fraction of sp³-hybridized carbons (Fsp3) is 0.0476. The Morgan fingerprint density at radius 2 is 1.77 bits per heavy atom. The Morgan fingerprint density at radius 1 is 1.04 bits per heavy atom. The number of rotatable bonds is 5. The molecule has 0 aliphatic rings. The molecule has 0 aromatic heterocycles. The van der Waals surface area contributed by atoms with Gasteiger partial charge in [0, 0.05) is 5.02 Å². The number of esters is 1. The lowest BCUT2D eigenvalue weighted by Crippen LogP contribution is -2.08. The standard InChI is InChI=1S/C21H17ClN2O2/c1-15-7-10-18(13-20(15)22)24-23-14-16-8-11-19(12-9-16)26-21(25)17-5-3-2-4-6-17/h2-14,24H,1H3/b23-14+. The van der Waals surface area contributed by atoms with Crippen LogP contribution in [-0.4, -0.2) is 12.2 Å². The molecule has 4 nitrogen and oxygen atoms in total. The lowest BCUT2D eigenvalue weighted by atomic mass is 10.2. The van der Waals surface area contributed by atoms with Crippen molar-refractivity contribution in [3.8, 4) is 5.75 Å². The van der Waals surface area contributed by atoms with Crippen LogP contribution < -0.4 is 10.2 Å². The van der Waals surface area contributed by atoms with Crippen molar-refractivity contribution >= 4 is 29.5 Å². The van der Waals surface area contributed by atoms with E-state index in [-0.39, 0.29) is 5.97 Å². The Balaban J connectivity index is 1.58. The first-order valence-electron chi connectivity index (χ1n) is 8.04. The summed E-state index contributed by atoms with van der Waals surface area (Å²) in [5.41, 5.74) is 6.14. The van der Waals surface area contributed by atoms with Gasteiger partial charge in [0.05, 0.1) is 17.5 Å². The quantitative estimate of drug-likeness (QED) is 0.289. The number of hydrogen-bond donors (Lipinski definition) is 1. The summed E-state index contributed by atoms with van der Waals surface area (Å²) in [6.07, 6.45) is 1.68. The molecule has 0 amide bonds. The molecule has 0 atom stereocenters. The van der Waals surface area contributed by atoms with Gasteiger partial charge in [0.2, 0.25) is 0 Å². The normalized spacial score (nSPS) is 10.7. The van der Waals surface area contributed by atoms with Gasteiger partial charge in [0.15, 0.2) is 0 Å². The van der Waals surface area contributed by atoms with Gasteiger partial charge in [-0.1, -0.05) is 35.9 Å². The summed E-state index contributed by atoms with van der Waals surface area (Å²) in [4.78, 5) is 12.0. The van der Waals surface area contributed by atoms with Crippen molar-refractivity contribution in [1.29, 1.82) is 0 Å². The monoisotopic (exact) mass is 364 g/mol. The Kier molecular flexibility index (Phi) is 5.66. The van der Waals surface area contributed by atoms with Gasteiger partial charge >= 0.3 is 5.97 Å². The number of ether oxygens (including phenoxy) is 1. The van der Waals surface area contributed by atoms with Crippen LogP contribution in [-0.2, 0) is 0 Å². The maximum absolute atomic E-state index is 12.0. The van der Waals surface area contributed by atoms with E-state index in [1.807, 2.05) is 43.3 Å². The van der Waals surface area contributed by atoms with Crippen molar-refractivity contribution in [1.82, 2.24) is 0 Å². The lowest BCUT2D eigenvalue weighted by Gasteiger charge is -2.05. The van der Waals surface area contributed by atoms with Gasteiger partial charge in [0.1, 0.15) is 5.75 Å². The zero-order chi connectivity index (χ0) is 18.4. The van der Waals surface area contributed by atoms with E-state index in [1.54, 1.807) is 42.6 Å². The van der Waals surface area contributed by atoms with Gasteiger partial charge in [-0.15, -0.1) is 0 Å². The van der Waals surface area contributed by atoms with Crippen LogP contribution in [0.15, 0.2) is 77.9 Å². The summed E-state index contributed by atoms with van der Waals surface area (Å²) in [7, 11) is 0. The second kappa shape index (κ2) is 8.32. The maximum Gasteiger partial charge on any atom is 0.343 e. The molecule has 0 bridgehead atoms. The number of anilines is 1. The first-order chi connectivity index (χ1) is 12.6. The van der Waals surface area contributed by atoms with E-state index < -0.39 is 0 Å². The number of nitrogens with zero attached hydrogens (tertiary/aromatic N) is 1. The Labute approximate surface area is 157 Å². The predicted molar refractivity (Wildman–Crippen MR) is 105 cm³/mol. The van der Waals surface area contributed by atoms with E-state index in [0.717, 1.165) is 16.8 Å². The molecule has 0 spiro atoms. The molecule has 3 aromatic carbocycles.